The van der Waals surface area contributed by atoms with Crippen molar-refractivity contribution in [3.05, 3.63) is 233 Å². The van der Waals surface area contributed by atoms with E-state index in [-0.39, 0.29) is 29.7 Å². The van der Waals surface area contributed by atoms with E-state index < -0.39 is 0 Å². The van der Waals surface area contributed by atoms with Crippen molar-refractivity contribution in [1.82, 2.24) is 75.6 Å². The summed E-state index contributed by atoms with van der Waals surface area (Å²) in [4.78, 5) is 91.2. The van der Waals surface area contributed by atoms with E-state index in [0.717, 1.165) is 218 Å². The van der Waals surface area contributed by atoms with Crippen molar-refractivity contribution in [3.63, 3.8) is 0 Å². The third-order valence-corrected chi connectivity index (χ3v) is 20.3. The number of aromatic nitrogens is 5. The Labute approximate surface area is 647 Å². The summed E-state index contributed by atoms with van der Waals surface area (Å²) in [7, 11) is 0. The Kier molecular flexibility index (Phi) is 33.5. The number of anilines is 4. The third kappa shape index (κ3) is 26.8. The van der Waals surface area contributed by atoms with Gasteiger partial charge in [-0.2, -0.15) is 0 Å². The molecule has 5 aliphatic heterocycles. The Hall–Kier alpha value is -9.75. The molecule has 10 heterocycles. The quantitative estimate of drug-likeness (QED) is 0.0281. The van der Waals surface area contributed by atoms with E-state index in [1.165, 1.54) is 22.3 Å². The van der Waals surface area contributed by atoms with Gasteiger partial charge in [0.1, 0.15) is 17.5 Å². The molecule has 23 nitrogen and oxygen atoms in total. The van der Waals surface area contributed by atoms with Gasteiger partial charge >= 0.3 is 0 Å². The van der Waals surface area contributed by atoms with Crippen LogP contribution in [0.25, 0.3) is 0 Å². The number of carbonyl (C=O) groups is 4. The number of nitrogens with zero attached hydrogens (tertiary/aromatic N) is 13. The number of rotatable bonds is 27. The smallest absolute Gasteiger partial charge is 0.257 e. The molecule has 0 saturated carbocycles. The predicted octanol–water partition coefficient (Wildman–Crippen LogP) is 10.0. The average molecular weight is 1480 g/mol. The van der Waals surface area contributed by atoms with Gasteiger partial charge in [0.2, 0.25) is 0 Å². The SMILES string of the molecule is CC(C)CCNc1ncccc1C(=O)N1CCN(Cc2ccccc2)CC1.CCN(CCNC(=O)c1cccnc1NCCC(C)C)Cc1cccnc1.O=C(NC1CCN(Cc2ccccc2)CC1)c1ccccc1N1CCNCC1.O=C(c1cccnc1N1CCNCC1)N1CCN(Cc2ccncc2)CC1. The molecule has 0 bridgehead atoms. The maximum atomic E-state index is 13.1. The zero-order valence-electron chi connectivity index (χ0n) is 65.0. The zero-order chi connectivity index (χ0) is 76.2. The van der Waals surface area contributed by atoms with E-state index in [1.54, 1.807) is 30.9 Å². The Balaban J connectivity index is 0.000000155. The first-order valence-electron chi connectivity index (χ1n) is 39.6. The second-order valence-electron chi connectivity index (χ2n) is 29.4. The van der Waals surface area contributed by atoms with Crippen LogP contribution in [0, 0.1) is 11.8 Å². The summed E-state index contributed by atoms with van der Waals surface area (Å²) >= 11 is 0. The minimum absolute atomic E-state index is 0.0654. The molecule has 5 saturated heterocycles. The van der Waals surface area contributed by atoms with Gasteiger partial charge in [0, 0.05) is 225 Å². The number of piperidine rings is 1. The number of hydrogen-bond donors (Lipinski definition) is 6. The molecule has 5 aliphatic rings. The van der Waals surface area contributed by atoms with E-state index in [4.69, 9.17) is 0 Å². The molecule has 8 aromatic rings. The average Bonchev–Trinajstić information content (AvgIpc) is 0.833. The van der Waals surface area contributed by atoms with Gasteiger partial charge in [-0.25, -0.2) is 15.0 Å². The highest BCUT2D eigenvalue weighted by Gasteiger charge is 2.29. The standard InChI is InChI=1S/C23H30N4O.C22H30N4O.C21H31N5O.C20H26N6O/c28-23(21-8-4-5-9-22(21)27-16-12-24-13-17-27)25-20-10-14-26(15-11-20)18-19-6-2-1-3-7-19;1-18(2)10-12-24-21-20(9-6-11-23-21)22(27)26-15-13-25(14-16-26)17-19-7-4-3-5-8-19;1-4-26(16-18-7-5-10-22-15-18)14-13-25-21(27)19-8-6-11-23-20(19)24-12-9-17(2)3;27-20(18-2-1-5-23-19(18)25-10-8-22-9-11-25)26-14-12-24(13-15-26)16-17-3-6-21-7-4-17/h1-9,20,24H,10-18H2,(H,25,28);3-9,11,18H,10,12-17H2,1-2H3,(H,23,24);5-8,10-11,15,17H,4,9,12-14,16H2,1-3H3,(H,23,24)(H,25,27);1-7,22H,8-16H2. The molecule has 6 N–H and O–H groups in total. The van der Waals surface area contributed by atoms with E-state index in [9.17, 15) is 19.2 Å². The molecule has 0 radical (unpaired) electrons. The second kappa shape index (κ2) is 44.7. The van der Waals surface area contributed by atoms with Crippen LogP contribution < -0.4 is 41.7 Å². The largest absolute Gasteiger partial charge is 0.369 e. The number of hydrogen-bond acceptors (Lipinski definition) is 19. The number of piperazine rings is 4. The van der Waals surface area contributed by atoms with Gasteiger partial charge in [0.15, 0.2) is 0 Å². The van der Waals surface area contributed by atoms with Crippen molar-refractivity contribution in [2.24, 2.45) is 11.8 Å². The Morgan fingerprint density at radius 3 is 1.47 bits per heavy atom. The molecule has 23 heteroatoms. The molecule has 109 heavy (non-hydrogen) atoms. The third-order valence-electron chi connectivity index (χ3n) is 20.3. The minimum atomic E-state index is -0.0902. The summed E-state index contributed by atoms with van der Waals surface area (Å²) in [5.41, 5.74) is 8.97. The highest BCUT2D eigenvalue weighted by Crippen LogP contribution is 2.25. The lowest BCUT2D eigenvalue weighted by molar-refractivity contribution is 0.0622. The maximum absolute atomic E-state index is 13.1. The Bertz CT molecular complexity index is 3920. The first kappa shape index (κ1) is 81.8. The summed E-state index contributed by atoms with van der Waals surface area (Å²) in [6.45, 7) is 34.6. The van der Waals surface area contributed by atoms with Crippen LogP contribution in [-0.4, -0.2) is 235 Å². The van der Waals surface area contributed by atoms with Crippen LogP contribution in [0.1, 0.15) is 124 Å². The number of carbonyl (C=O) groups excluding carboxylic acids is 4. The molecule has 3 aromatic carbocycles. The number of para-hydroxylation sites is 1. The van der Waals surface area contributed by atoms with Crippen LogP contribution in [0.2, 0.25) is 0 Å². The summed E-state index contributed by atoms with van der Waals surface area (Å²) < 4.78 is 0. The fourth-order valence-electron chi connectivity index (χ4n) is 14.0. The van der Waals surface area contributed by atoms with Crippen molar-refractivity contribution in [2.75, 3.05) is 171 Å². The highest BCUT2D eigenvalue weighted by atomic mass is 16.2. The summed E-state index contributed by atoms with van der Waals surface area (Å²) in [5, 5.41) is 19.6. The number of amides is 4. The summed E-state index contributed by atoms with van der Waals surface area (Å²) in [6, 6.07) is 48.6. The molecular formula is C86H117N19O4. The van der Waals surface area contributed by atoms with Crippen LogP contribution >= 0.6 is 0 Å². The lowest BCUT2D eigenvalue weighted by Gasteiger charge is -2.36. The predicted molar refractivity (Wildman–Crippen MR) is 438 cm³/mol. The van der Waals surface area contributed by atoms with Gasteiger partial charge in [0.05, 0.1) is 22.3 Å². The van der Waals surface area contributed by atoms with Gasteiger partial charge in [-0.1, -0.05) is 113 Å². The minimum Gasteiger partial charge on any atom is -0.369 e. The van der Waals surface area contributed by atoms with Crippen molar-refractivity contribution in [3.8, 4) is 0 Å². The number of nitrogens with one attached hydrogen (secondary N) is 6. The topological polar surface area (TPSA) is 231 Å². The first-order valence-corrected chi connectivity index (χ1v) is 39.6. The molecule has 580 valence electrons. The normalized spacial score (nSPS) is 15.9. The second-order valence-corrected chi connectivity index (χ2v) is 29.4. The van der Waals surface area contributed by atoms with Gasteiger partial charge in [-0.05, 0) is 133 Å². The highest BCUT2D eigenvalue weighted by molar-refractivity contribution is 6.01. The summed E-state index contributed by atoms with van der Waals surface area (Å²) in [5.74, 6) is 3.56. The fraction of sp³-hybridized carbons (Fsp3) is 0.453. The maximum Gasteiger partial charge on any atom is 0.257 e. The lowest BCUT2D eigenvalue weighted by atomic mass is 10.0. The van der Waals surface area contributed by atoms with Crippen molar-refractivity contribution in [2.45, 2.75) is 92.5 Å². The van der Waals surface area contributed by atoms with E-state index in [0.29, 0.717) is 41.1 Å². The molecule has 0 atom stereocenters. The van der Waals surface area contributed by atoms with Crippen LogP contribution in [0.3, 0.4) is 0 Å². The lowest BCUT2D eigenvalue weighted by Crippen LogP contribution is -2.49. The molecule has 13 rings (SSSR count). The number of likely N-dealkylation sites (tertiary alicyclic amines) is 1. The fourth-order valence-corrected chi connectivity index (χ4v) is 14.0. The van der Waals surface area contributed by atoms with Crippen LogP contribution in [0.4, 0.5) is 23.1 Å². The molecule has 5 fully saturated rings. The number of likely N-dealkylation sites (N-methyl/N-ethyl adjacent to an activating group) is 1. The van der Waals surface area contributed by atoms with Gasteiger partial charge in [-0.3, -0.25) is 48.7 Å². The van der Waals surface area contributed by atoms with E-state index in [1.807, 2.05) is 101 Å². The van der Waals surface area contributed by atoms with Crippen molar-refractivity contribution in [1.29, 1.82) is 0 Å². The monoisotopic (exact) mass is 1480 g/mol. The molecule has 0 aliphatic carbocycles. The van der Waals surface area contributed by atoms with Crippen LogP contribution in [0.15, 0.2) is 189 Å². The Morgan fingerprint density at radius 2 is 0.917 bits per heavy atom. The molecule has 0 spiro atoms. The van der Waals surface area contributed by atoms with E-state index in [2.05, 4.69) is 188 Å². The number of benzene rings is 3. The van der Waals surface area contributed by atoms with Gasteiger partial charge in [-0.15, -0.1) is 0 Å². The van der Waals surface area contributed by atoms with Gasteiger partial charge < -0.3 is 51.5 Å². The van der Waals surface area contributed by atoms with E-state index >= 15 is 0 Å². The van der Waals surface area contributed by atoms with Gasteiger partial charge in [0.25, 0.3) is 23.6 Å². The molecule has 4 amide bonds. The zero-order valence-corrected chi connectivity index (χ0v) is 65.0. The van der Waals surface area contributed by atoms with Crippen molar-refractivity contribution >= 4 is 46.8 Å². The summed E-state index contributed by atoms with van der Waals surface area (Å²) in [6.07, 6.45) is 16.7. The molecule has 5 aromatic heterocycles. The molecule has 0 unspecified atom stereocenters. The van der Waals surface area contributed by atoms with Crippen LogP contribution in [0.5, 0.6) is 0 Å². The van der Waals surface area contributed by atoms with Crippen LogP contribution in [-0.2, 0) is 26.2 Å². The number of pyridine rings is 5. The first-order chi connectivity index (χ1) is 53.3. The Morgan fingerprint density at radius 1 is 0.450 bits per heavy atom. The molecular weight excluding hydrogens is 1360 g/mol. The van der Waals surface area contributed by atoms with Crippen molar-refractivity contribution < 1.29 is 19.2 Å².